The van der Waals surface area contributed by atoms with Crippen molar-refractivity contribution in [1.82, 2.24) is 0 Å². The smallest absolute Gasteiger partial charge is 0.241 e. The van der Waals surface area contributed by atoms with Gasteiger partial charge in [0.25, 0.3) is 0 Å². The van der Waals surface area contributed by atoms with E-state index in [2.05, 4.69) is 0 Å². The highest BCUT2D eigenvalue weighted by atomic mass is 35.5. The number of para-hydroxylation sites is 1. The van der Waals surface area contributed by atoms with Crippen LogP contribution in [0.4, 0.5) is 0 Å². The first kappa shape index (κ1) is 13.2. The molecule has 4 heteroatoms. The van der Waals surface area contributed by atoms with Crippen LogP contribution in [0.3, 0.4) is 0 Å². The monoisotopic (exact) mass is 273 g/mol. The van der Waals surface area contributed by atoms with Gasteiger partial charge < -0.3 is 10.5 Å². The predicted octanol–water partition coefficient (Wildman–Crippen LogP) is 3.63. The molecule has 19 heavy (non-hydrogen) atoms. The molecule has 0 atom stereocenters. The molecule has 0 spiro atoms. The molecule has 2 rings (SSSR count). The van der Waals surface area contributed by atoms with Crippen molar-refractivity contribution in [2.45, 2.75) is 0 Å². The second kappa shape index (κ2) is 6.07. The van der Waals surface area contributed by atoms with E-state index < -0.39 is 5.91 Å². The second-order valence-electron chi connectivity index (χ2n) is 3.83. The van der Waals surface area contributed by atoms with Crippen LogP contribution in [-0.4, -0.2) is 5.91 Å². The van der Waals surface area contributed by atoms with Gasteiger partial charge in [0, 0.05) is 16.7 Å². The molecule has 0 radical (unpaired) electrons. The van der Waals surface area contributed by atoms with Crippen molar-refractivity contribution < 1.29 is 9.53 Å². The largest absolute Gasteiger partial charge is 0.457 e. The van der Waals surface area contributed by atoms with Gasteiger partial charge in [0.1, 0.15) is 11.5 Å². The molecule has 2 aromatic rings. The van der Waals surface area contributed by atoms with Crippen molar-refractivity contribution in [3.8, 4) is 11.5 Å². The standard InChI is InChI=1S/C15H12ClNO2/c16-12-6-8-13(9-7-12)19-14-4-2-1-3-11(14)5-10-15(17)18/h1-10H,(H2,17,18)/b10-5-. The molecule has 0 saturated heterocycles. The Morgan fingerprint density at radius 1 is 1.11 bits per heavy atom. The highest BCUT2D eigenvalue weighted by Gasteiger charge is 2.02. The molecule has 0 aliphatic carbocycles. The number of carbonyl (C=O) groups is 1. The fourth-order valence-corrected chi connectivity index (χ4v) is 1.64. The van der Waals surface area contributed by atoms with Crippen molar-refractivity contribution in [3.05, 3.63) is 65.2 Å². The number of primary amides is 1. The SMILES string of the molecule is NC(=O)/C=C\c1ccccc1Oc1ccc(Cl)cc1. The van der Waals surface area contributed by atoms with Crippen LogP contribution in [0.2, 0.25) is 5.02 Å². The van der Waals surface area contributed by atoms with Gasteiger partial charge >= 0.3 is 0 Å². The van der Waals surface area contributed by atoms with Crippen LogP contribution in [0.1, 0.15) is 5.56 Å². The fourth-order valence-electron chi connectivity index (χ4n) is 1.51. The highest BCUT2D eigenvalue weighted by molar-refractivity contribution is 6.30. The zero-order valence-corrected chi connectivity index (χ0v) is 10.8. The zero-order valence-electron chi connectivity index (χ0n) is 10.0. The van der Waals surface area contributed by atoms with E-state index in [0.717, 1.165) is 5.56 Å². The van der Waals surface area contributed by atoms with E-state index in [4.69, 9.17) is 22.1 Å². The van der Waals surface area contributed by atoms with Crippen LogP contribution in [0.5, 0.6) is 11.5 Å². The van der Waals surface area contributed by atoms with E-state index in [9.17, 15) is 4.79 Å². The number of benzene rings is 2. The number of amides is 1. The van der Waals surface area contributed by atoms with E-state index in [1.807, 2.05) is 24.3 Å². The Balaban J connectivity index is 2.24. The lowest BCUT2D eigenvalue weighted by Crippen LogP contribution is -2.05. The molecular weight excluding hydrogens is 262 g/mol. The Morgan fingerprint density at radius 2 is 1.79 bits per heavy atom. The minimum atomic E-state index is -0.499. The summed E-state index contributed by atoms with van der Waals surface area (Å²) in [6.07, 6.45) is 2.91. The lowest BCUT2D eigenvalue weighted by Gasteiger charge is -2.08. The first-order valence-electron chi connectivity index (χ1n) is 5.65. The van der Waals surface area contributed by atoms with E-state index in [-0.39, 0.29) is 0 Å². The fraction of sp³-hybridized carbons (Fsp3) is 0. The molecule has 1 amide bonds. The lowest BCUT2D eigenvalue weighted by molar-refractivity contribution is -0.113. The van der Waals surface area contributed by atoms with E-state index in [1.165, 1.54) is 6.08 Å². The third-order valence-corrected chi connectivity index (χ3v) is 2.64. The average molecular weight is 274 g/mol. The molecule has 0 saturated carbocycles. The Morgan fingerprint density at radius 3 is 2.47 bits per heavy atom. The summed E-state index contributed by atoms with van der Waals surface area (Å²) in [6.45, 7) is 0. The van der Waals surface area contributed by atoms with Crippen molar-refractivity contribution >= 4 is 23.6 Å². The van der Waals surface area contributed by atoms with Crippen molar-refractivity contribution in [2.75, 3.05) is 0 Å². The topological polar surface area (TPSA) is 52.3 Å². The number of ether oxygens (including phenoxy) is 1. The number of carbonyl (C=O) groups excluding carboxylic acids is 1. The van der Waals surface area contributed by atoms with Gasteiger partial charge in [-0.25, -0.2) is 0 Å². The summed E-state index contributed by atoms with van der Waals surface area (Å²) in [6, 6.07) is 14.4. The normalized spacial score (nSPS) is 10.6. The molecule has 0 bridgehead atoms. The van der Waals surface area contributed by atoms with Crippen LogP contribution >= 0.6 is 11.6 Å². The third-order valence-electron chi connectivity index (χ3n) is 2.39. The van der Waals surface area contributed by atoms with Crippen LogP contribution in [0, 0.1) is 0 Å². The van der Waals surface area contributed by atoms with Crippen molar-refractivity contribution in [1.29, 1.82) is 0 Å². The maximum absolute atomic E-state index is 10.8. The molecule has 0 unspecified atom stereocenters. The zero-order chi connectivity index (χ0) is 13.7. The molecule has 0 fully saturated rings. The Kier molecular flexibility index (Phi) is 4.21. The molecule has 2 N–H and O–H groups in total. The van der Waals surface area contributed by atoms with Gasteiger partial charge in [-0.15, -0.1) is 0 Å². The first-order chi connectivity index (χ1) is 9.15. The molecule has 3 nitrogen and oxygen atoms in total. The number of halogens is 1. The van der Waals surface area contributed by atoms with E-state index in [0.29, 0.717) is 16.5 Å². The molecule has 96 valence electrons. The Labute approximate surface area is 116 Å². The minimum absolute atomic E-state index is 0.499. The summed E-state index contributed by atoms with van der Waals surface area (Å²) in [4.78, 5) is 10.8. The average Bonchev–Trinajstić information content (AvgIpc) is 2.40. The Hall–Kier alpha value is -2.26. The predicted molar refractivity (Wildman–Crippen MR) is 76.2 cm³/mol. The summed E-state index contributed by atoms with van der Waals surface area (Å²) in [5.74, 6) is 0.813. The van der Waals surface area contributed by atoms with Gasteiger partial charge in [0.15, 0.2) is 0 Å². The first-order valence-corrected chi connectivity index (χ1v) is 6.03. The summed E-state index contributed by atoms with van der Waals surface area (Å²) < 4.78 is 5.73. The maximum atomic E-state index is 10.8. The molecule has 0 heterocycles. The molecule has 2 aromatic carbocycles. The molecular formula is C15H12ClNO2. The summed E-state index contributed by atoms with van der Waals surface area (Å²) in [5, 5.41) is 0.647. The van der Waals surface area contributed by atoms with Crippen LogP contribution in [-0.2, 0) is 4.79 Å². The molecule has 0 aliphatic rings. The highest BCUT2D eigenvalue weighted by Crippen LogP contribution is 2.27. The van der Waals surface area contributed by atoms with Gasteiger partial charge in [-0.05, 0) is 36.4 Å². The van der Waals surface area contributed by atoms with E-state index >= 15 is 0 Å². The summed E-state index contributed by atoms with van der Waals surface area (Å²) in [7, 11) is 0. The van der Waals surface area contributed by atoms with Gasteiger partial charge in [0.05, 0.1) is 0 Å². The van der Waals surface area contributed by atoms with Gasteiger partial charge in [-0.1, -0.05) is 29.8 Å². The maximum Gasteiger partial charge on any atom is 0.241 e. The molecule has 0 aliphatic heterocycles. The minimum Gasteiger partial charge on any atom is -0.457 e. The van der Waals surface area contributed by atoms with Crippen molar-refractivity contribution in [3.63, 3.8) is 0 Å². The van der Waals surface area contributed by atoms with Gasteiger partial charge in [-0.2, -0.15) is 0 Å². The van der Waals surface area contributed by atoms with Crippen molar-refractivity contribution in [2.24, 2.45) is 5.73 Å². The quantitative estimate of drug-likeness (QED) is 0.865. The lowest BCUT2D eigenvalue weighted by atomic mass is 10.2. The number of nitrogens with two attached hydrogens (primary N) is 1. The number of hydrogen-bond acceptors (Lipinski definition) is 2. The molecule has 0 aromatic heterocycles. The number of hydrogen-bond donors (Lipinski definition) is 1. The van der Waals surface area contributed by atoms with Crippen LogP contribution in [0.15, 0.2) is 54.6 Å². The van der Waals surface area contributed by atoms with E-state index in [1.54, 1.807) is 30.3 Å². The van der Waals surface area contributed by atoms with Crippen LogP contribution in [0.25, 0.3) is 6.08 Å². The second-order valence-corrected chi connectivity index (χ2v) is 4.27. The van der Waals surface area contributed by atoms with Gasteiger partial charge in [-0.3, -0.25) is 4.79 Å². The van der Waals surface area contributed by atoms with Gasteiger partial charge in [0.2, 0.25) is 5.91 Å². The third kappa shape index (κ3) is 3.86. The summed E-state index contributed by atoms with van der Waals surface area (Å²) in [5.41, 5.74) is 5.85. The number of rotatable bonds is 4. The Bertz CT molecular complexity index is 606. The van der Waals surface area contributed by atoms with Crippen LogP contribution < -0.4 is 10.5 Å². The summed E-state index contributed by atoms with van der Waals surface area (Å²) >= 11 is 5.81.